The van der Waals surface area contributed by atoms with E-state index in [0.717, 1.165) is 27.5 Å². The number of carbonyl (C=O) groups is 3. The Bertz CT molecular complexity index is 5540. The molecule has 4 aromatic carbocycles. The van der Waals surface area contributed by atoms with Crippen molar-refractivity contribution >= 4 is 291 Å². The monoisotopic (exact) mass is 1640 g/mol. The Labute approximate surface area is 773 Å². The Morgan fingerprint density at radius 2 is 0.730 bits per heavy atom. The average molecular weight is 1640 g/mol. The van der Waals surface area contributed by atoms with E-state index in [9.17, 15) is 36.0 Å². The van der Waals surface area contributed by atoms with Gasteiger partial charge >= 0.3 is 15.6 Å². The Hall–Kier alpha value is -10.3. The van der Waals surface area contributed by atoms with Gasteiger partial charge in [0, 0.05) is 327 Å². The van der Waals surface area contributed by atoms with Crippen molar-refractivity contribution in [3.8, 4) is 11.5 Å². The second-order valence-corrected chi connectivity index (χ2v) is 27.6. The van der Waals surface area contributed by atoms with Crippen molar-refractivity contribution in [3.05, 3.63) is 311 Å². The highest BCUT2D eigenvalue weighted by Gasteiger charge is 2.57. The van der Waals surface area contributed by atoms with Crippen molar-refractivity contribution in [2.24, 2.45) is 4.99 Å². The van der Waals surface area contributed by atoms with Gasteiger partial charge in [0.15, 0.2) is 12.2 Å². The molecule has 0 N–H and O–H groups in total. The number of halogens is 4. The number of anilines is 2. The van der Waals surface area contributed by atoms with E-state index in [4.69, 9.17) is 162 Å². The molecule has 51 heteroatoms. The number of aliphatic imine (C=N–C) groups is 1. The molecule has 126 heavy (non-hydrogen) atoms. The van der Waals surface area contributed by atoms with E-state index in [1.165, 1.54) is 33.2 Å². The van der Waals surface area contributed by atoms with Crippen LogP contribution >= 0.6 is 11.6 Å². The zero-order chi connectivity index (χ0) is 94.7. The van der Waals surface area contributed by atoms with Gasteiger partial charge in [-0.3, -0.25) is 14.4 Å². The maximum atomic E-state index is 12.3. The average Bonchev–Trinajstić information content (AvgIpc) is 0.755. The lowest BCUT2D eigenvalue weighted by Crippen LogP contribution is -2.89. The van der Waals surface area contributed by atoms with Gasteiger partial charge in [-0.15, -0.1) is 0 Å². The molecule has 2 saturated heterocycles. The molecule has 2 heterocycles. The first-order valence-electron chi connectivity index (χ1n) is 37.1. The summed E-state index contributed by atoms with van der Waals surface area (Å²) < 4.78 is 83.5. The van der Waals surface area contributed by atoms with E-state index in [1.54, 1.807) is 37.4 Å². The summed E-state index contributed by atoms with van der Waals surface area (Å²) in [7, 11) is 104. The molecule has 4 atom stereocenters. The Kier molecular flexibility index (Phi) is 58.2. The molecule has 4 aromatic rings. The molecule has 6 rings (SSSR count). The van der Waals surface area contributed by atoms with Crippen LogP contribution in [0.5, 0.6) is 11.5 Å². The minimum atomic E-state index is -5.81. The summed E-state index contributed by atoms with van der Waals surface area (Å²) in [5.74, 6) is 0.470. The van der Waals surface area contributed by atoms with E-state index in [-0.39, 0.29) is 24.7 Å². The predicted molar refractivity (Wildman–Crippen MR) is 532 cm³/mol. The van der Waals surface area contributed by atoms with Crippen LogP contribution in [0.25, 0.3) is 0 Å². The lowest BCUT2D eigenvalue weighted by Gasteiger charge is -2.51. The number of hydrogen-bond acceptors (Lipinski definition) is 11. The van der Waals surface area contributed by atoms with Crippen LogP contribution in [0.2, 0.25) is 0 Å². The van der Waals surface area contributed by atoms with Gasteiger partial charge in [0.25, 0.3) is 11.8 Å². The molecular formula is C75H51B33ClF3N3O10S. The first kappa shape index (κ1) is 114. The second-order valence-electron chi connectivity index (χ2n) is 25.6. The number of alkyl halides is 3. The zero-order valence-corrected chi connectivity index (χ0v) is 71.3. The number of amides is 2. The first-order chi connectivity index (χ1) is 59.9. The standard InChI is InChI=1S/C33H4.C18H19NO3.C12H12F3NO5S.C9H9ClO2.C3H7N.B33/c1-3-5-7-9-11-13-15-17-19-21-23-25-27-29-31-33-32-30-28-26-24-22-20-18-16-14-12-10-8-6-4-2;1-13-17(22-12-14-6-4-3-5-7-14)18(20)19(13)15-8-10-16(21-2)11-9-15;1-7-10(21-22(18,19)12(13,14)15)11(17)16(7)8-3-5-9(20-2)6-4-8;10-9(11)7-12-6-8-4-2-1-3-5-8;1-3-4-2;1-18-27(19(2)3)31(26(16)17)33(30(24(12)13)25(14)15)32(28(20(4)5)21(6)7)29(22(8)9)23(10)11/h1-2H2;3-11,13,17H,12H2,1-2H3;3-7,10H,1-2H3;1-5H,6-7H2;3H,1-2H3;/t;13-,17+;7-,10+;;;/m.11.../s1. The van der Waals surface area contributed by atoms with Crippen LogP contribution < -0.4 is 19.3 Å². The van der Waals surface area contributed by atoms with Crippen LogP contribution in [0, 0.1) is 0 Å². The molecule has 0 saturated carbocycles. The van der Waals surface area contributed by atoms with E-state index in [0.29, 0.717) is 24.7 Å². The highest BCUT2D eigenvalue weighted by molar-refractivity contribution is 8.29. The molecule has 0 aromatic heterocycles. The first-order valence-corrected chi connectivity index (χ1v) is 38.9. The molecule has 2 fully saturated rings. The fourth-order valence-electron chi connectivity index (χ4n) is 11.6. The van der Waals surface area contributed by atoms with Crippen molar-refractivity contribution in [1.29, 1.82) is 0 Å². The van der Waals surface area contributed by atoms with Gasteiger partial charge in [0.05, 0.1) is 39.5 Å². The third kappa shape index (κ3) is 42.8. The number of benzene rings is 4. The fourth-order valence-corrected chi connectivity index (χ4v) is 12.3. The van der Waals surface area contributed by atoms with Crippen LogP contribution in [-0.2, 0) is 51.4 Å². The molecular weight excluding hydrogens is 1580 g/mol. The zero-order valence-electron chi connectivity index (χ0n) is 69.7. The summed E-state index contributed by atoms with van der Waals surface area (Å²) in [6, 6.07) is 32.4. The highest BCUT2D eigenvalue weighted by atomic mass is 35.5. The fraction of sp³-hybridized carbons (Fsp3) is 0.187. The summed E-state index contributed by atoms with van der Waals surface area (Å²) >= 11 is 5.08. The molecule has 0 spiro atoms. The van der Waals surface area contributed by atoms with Gasteiger partial charge in [0.1, 0.15) is 18.1 Å². The lowest BCUT2D eigenvalue weighted by atomic mass is 8.30. The quantitative estimate of drug-likeness (QED) is 0.0149. The summed E-state index contributed by atoms with van der Waals surface area (Å²) in [5, 5.41) is -0.467. The summed E-state index contributed by atoms with van der Waals surface area (Å²) in [6.07, 6.45) is -15.1. The molecule has 0 bridgehead atoms. The minimum absolute atomic E-state index is 0.00796. The van der Waals surface area contributed by atoms with Crippen molar-refractivity contribution < 1.29 is 59.1 Å². The Morgan fingerprint density at radius 3 is 0.960 bits per heavy atom. The SMILES string of the molecule is C=C=C=C=C=C=C=C=C=C=C=C=C=C=C=C=C=C=C=C=C=C=C=C=C=C=C=C=C=C=C=C=C.CC=NC.COc1ccc(N2C(=O)[C@@H](OCc3ccccc3)[C@H]2C)cc1.COc1ccc(N2C(=O)[C@@H](OS(=O)(=O)C(F)(F)F)[C@H]2C)cc1.O=C(Cl)COCc1ccccc1.[B][B]B(B([B])[B])B(B([B])[B])B(B(B([B])[B])B([B])[B])B(B(B([B])[B])B([B])[B])B(B([B])[B])B([B])[B]. The van der Waals surface area contributed by atoms with Crippen molar-refractivity contribution in [1.82, 2.24) is 0 Å². The number of nitrogens with zero attached hydrogens (tertiary/aromatic N) is 3. The summed E-state index contributed by atoms with van der Waals surface area (Å²) in [4.78, 5) is 41.0. The molecule has 35 radical (unpaired) electrons. The maximum absolute atomic E-state index is 12.3. The summed E-state index contributed by atoms with van der Waals surface area (Å²) in [6.45, 7) is 12.8. The predicted octanol–water partition coefficient (Wildman–Crippen LogP) is 0.400. The molecule has 2 amide bonds. The number of β-lactam (4-membered cyclic amide) rings is 2. The number of rotatable bonds is 28. The van der Waals surface area contributed by atoms with Crippen LogP contribution in [0.4, 0.5) is 24.5 Å². The van der Waals surface area contributed by atoms with E-state index in [2.05, 4.69) is 200 Å². The second kappa shape index (κ2) is 64.5. The molecule has 2 aliphatic heterocycles. The smallest absolute Gasteiger partial charge is 0.497 e. The van der Waals surface area contributed by atoms with Gasteiger partial charge in [-0.2, -0.15) is 21.6 Å². The summed E-state index contributed by atoms with van der Waals surface area (Å²) in [5.41, 5.74) is 74.7. The number of methoxy groups -OCH3 is 2. The van der Waals surface area contributed by atoms with Crippen molar-refractivity contribution in [2.45, 2.75) is 63.8 Å². The van der Waals surface area contributed by atoms with Crippen molar-refractivity contribution in [3.63, 3.8) is 0 Å². The lowest BCUT2D eigenvalue weighted by molar-refractivity contribution is -0.142. The van der Waals surface area contributed by atoms with Crippen LogP contribution in [0.1, 0.15) is 31.9 Å². The minimum Gasteiger partial charge on any atom is -0.497 e. The normalized spacial score (nSPS) is 12.2. The van der Waals surface area contributed by atoms with Gasteiger partial charge < -0.3 is 33.7 Å². The molecule has 0 aliphatic carbocycles. The van der Waals surface area contributed by atoms with E-state index >= 15 is 0 Å². The molecule has 2 aliphatic rings. The maximum Gasteiger partial charge on any atom is 0.523 e. The Morgan fingerprint density at radius 1 is 0.460 bits per heavy atom. The number of ether oxygens (including phenoxy) is 4. The van der Waals surface area contributed by atoms with Gasteiger partial charge in [0.2, 0.25) is 5.24 Å². The van der Waals surface area contributed by atoms with Gasteiger partial charge in [-0.25, -0.2) is 4.18 Å². The van der Waals surface area contributed by atoms with Crippen molar-refractivity contribution in [2.75, 3.05) is 37.7 Å². The van der Waals surface area contributed by atoms with E-state index in [1.807, 2.05) is 98.8 Å². The third-order valence-electron chi connectivity index (χ3n) is 17.1. The van der Waals surface area contributed by atoms with Gasteiger partial charge in [-0.1, -0.05) is 72.1 Å². The molecule has 559 valence electrons. The molecule has 13 nitrogen and oxygen atoms in total. The van der Waals surface area contributed by atoms with Gasteiger partial charge in [-0.05, 0) is 203 Å². The molecule has 0 unspecified atom stereocenters. The number of carbonyl (C=O) groups excluding carboxylic acids is 3. The van der Waals surface area contributed by atoms with Crippen LogP contribution in [-0.4, -0.2) is 324 Å². The largest absolute Gasteiger partial charge is 0.523 e. The van der Waals surface area contributed by atoms with Crippen LogP contribution in [0.15, 0.2) is 305 Å². The van der Waals surface area contributed by atoms with E-state index < -0.39 is 135 Å². The Balaban J connectivity index is 0.000000800. The topological polar surface area (TPSA) is 150 Å². The third-order valence-corrected chi connectivity index (χ3v) is 18.2. The van der Waals surface area contributed by atoms with Crippen LogP contribution in [0.3, 0.4) is 0 Å². The number of hydrogen-bond donors (Lipinski definition) is 0. The highest BCUT2D eigenvalue weighted by Crippen LogP contribution is 2.36.